The zero-order valence-electron chi connectivity index (χ0n) is 12.9. The molecule has 0 aromatic carbocycles. The summed E-state index contributed by atoms with van der Waals surface area (Å²) in [5, 5.41) is 4.07. The molecule has 7 heteroatoms. The molecule has 0 unspecified atom stereocenters. The van der Waals surface area contributed by atoms with Gasteiger partial charge in [-0.05, 0) is 12.0 Å². The second kappa shape index (κ2) is 6.13. The van der Waals surface area contributed by atoms with Crippen LogP contribution in [0.15, 0.2) is 29.5 Å². The van der Waals surface area contributed by atoms with Crippen LogP contribution in [0.1, 0.15) is 12.5 Å². The van der Waals surface area contributed by atoms with Gasteiger partial charge in [0.25, 0.3) is 5.56 Å². The van der Waals surface area contributed by atoms with E-state index in [0.29, 0.717) is 0 Å². The maximum absolute atomic E-state index is 11.7. The van der Waals surface area contributed by atoms with E-state index in [1.165, 1.54) is 4.68 Å². The van der Waals surface area contributed by atoms with Gasteiger partial charge in [-0.3, -0.25) is 4.79 Å². The van der Waals surface area contributed by atoms with E-state index in [0.717, 1.165) is 49.8 Å². The SMILES string of the molecule is CCc1cnc(N2CCN(c3cnn(C)c(=O)c3)CC2)nc1. The number of piperazine rings is 1. The molecule has 0 aliphatic carbocycles. The van der Waals surface area contributed by atoms with Gasteiger partial charge in [0.05, 0.1) is 11.9 Å². The molecule has 1 aliphatic rings. The van der Waals surface area contributed by atoms with Crippen molar-refractivity contribution in [3.8, 4) is 0 Å². The van der Waals surface area contributed by atoms with E-state index in [4.69, 9.17) is 0 Å². The summed E-state index contributed by atoms with van der Waals surface area (Å²) in [4.78, 5) is 24.9. The van der Waals surface area contributed by atoms with Gasteiger partial charge in [0, 0.05) is 51.7 Å². The normalized spacial score (nSPS) is 15.2. The van der Waals surface area contributed by atoms with Gasteiger partial charge in [0.2, 0.25) is 5.95 Å². The molecule has 1 aliphatic heterocycles. The summed E-state index contributed by atoms with van der Waals surface area (Å²) < 4.78 is 1.34. The molecule has 1 saturated heterocycles. The van der Waals surface area contributed by atoms with Crippen LogP contribution in [0, 0.1) is 0 Å². The Hall–Kier alpha value is -2.44. The van der Waals surface area contributed by atoms with Crippen LogP contribution < -0.4 is 15.4 Å². The van der Waals surface area contributed by atoms with Crippen LogP contribution in [0.4, 0.5) is 11.6 Å². The largest absolute Gasteiger partial charge is 0.367 e. The van der Waals surface area contributed by atoms with Crippen molar-refractivity contribution in [3.63, 3.8) is 0 Å². The lowest BCUT2D eigenvalue weighted by Crippen LogP contribution is -2.47. The van der Waals surface area contributed by atoms with E-state index in [1.807, 2.05) is 12.4 Å². The number of rotatable bonds is 3. The van der Waals surface area contributed by atoms with E-state index in [9.17, 15) is 4.79 Å². The van der Waals surface area contributed by atoms with Crippen molar-refractivity contribution in [1.29, 1.82) is 0 Å². The molecular formula is C15H20N6O. The molecule has 116 valence electrons. The molecule has 22 heavy (non-hydrogen) atoms. The Morgan fingerprint density at radius 2 is 1.68 bits per heavy atom. The molecule has 0 bridgehead atoms. The lowest BCUT2D eigenvalue weighted by Gasteiger charge is -2.35. The van der Waals surface area contributed by atoms with Gasteiger partial charge in [-0.15, -0.1) is 0 Å². The fourth-order valence-corrected chi connectivity index (χ4v) is 2.49. The Bertz CT molecular complexity index is 688. The third-order valence-electron chi connectivity index (χ3n) is 3.98. The highest BCUT2D eigenvalue weighted by Gasteiger charge is 2.19. The van der Waals surface area contributed by atoms with Crippen LogP contribution in [-0.4, -0.2) is 45.9 Å². The van der Waals surface area contributed by atoms with Crippen molar-refractivity contribution in [1.82, 2.24) is 19.7 Å². The lowest BCUT2D eigenvalue weighted by atomic mass is 10.2. The maximum Gasteiger partial charge on any atom is 0.268 e. The van der Waals surface area contributed by atoms with Crippen molar-refractivity contribution in [2.75, 3.05) is 36.0 Å². The second-order valence-corrected chi connectivity index (χ2v) is 5.39. The predicted molar refractivity (Wildman–Crippen MR) is 85.3 cm³/mol. The second-order valence-electron chi connectivity index (χ2n) is 5.39. The zero-order valence-corrected chi connectivity index (χ0v) is 12.9. The summed E-state index contributed by atoms with van der Waals surface area (Å²) in [6.45, 7) is 5.41. The van der Waals surface area contributed by atoms with Crippen molar-refractivity contribution >= 4 is 11.6 Å². The molecule has 7 nitrogen and oxygen atoms in total. The van der Waals surface area contributed by atoms with Crippen molar-refractivity contribution < 1.29 is 0 Å². The molecule has 3 heterocycles. The van der Waals surface area contributed by atoms with E-state index in [1.54, 1.807) is 19.3 Å². The summed E-state index contributed by atoms with van der Waals surface area (Å²) in [6.07, 6.45) is 6.46. The van der Waals surface area contributed by atoms with Crippen molar-refractivity contribution in [2.24, 2.45) is 7.05 Å². The molecule has 0 spiro atoms. The highest BCUT2D eigenvalue weighted by Crippen LogP contribution is 2.16. The fourth-order valence-electron chi connectivity index (χ4n) is 2.49. The Morgan fingerprint density at radius 1 is 1.05 bits per heavy atom. The van der Waals surface area contributed by atoms with Crippen LogP contribution in [0.3, 0.4) is 0 Å². The van der Waals surface area contributed by atoms with E-state index in [-0.39, 0.29) is 5.56 Å². The first-order chi connectivity index (χ1) is 10.7. The molecule has 0 saturated carbocycles. The monoisotopic (exact) mass is 300 g/mol. The Balaban J connectivity index is 1.66. The highest BCUT2D eigenvalue weighted by molar-refractivity contribution is 5.45. The van der Waals surface area contributed by atoms with Gasteiger partial charge in [-0.1, -0.05) is 6.92 Å². The Kier molecular flexibility index (Phi) is 4.04. The van der Waals surface area contributed by atoms with Gasteiger partial charge < -0.3 is 9.80 Å². The van der Waals surface area contributed by atoms with Crippen LogP contribution in [0.2, 0.25) is 0 Å². The van der Waals surface area contributed by atoms with E-state index < -0.39 is 0 Å². The minimum atomic E-state index is -0.0848. The van der Waals surface area contributed by atoms with Gasteiger partial charge in [0.15, 0.2) is 0 Å². The first-order valence-corrected chi connectivity index (χ1v) is 7.51. The van der Waals surface area contributed by atoms with E-state index >= 15 is 0 Å². The first kappa shape index (κ1) is 14.5. The Morgan fingerprint density at radius 3 is 2.27 bits per heavy atom. The van der Waals surface area contributed by atoms with Gasteiger partial charge in [-0.25, -0.2) is 14.6 Å². The summed E-state index contributed by atoms with van der Waals surface area (Å²) in [5.74, 6) is 0.777. The van der Waals surface area contributed by atoms with Crippen LogP contribution in [0.5, 0.6) is 0 Å². The quantitative estimate of drug-likeness (QED) is 0.820. The summed E-state index contributed by atoms with van der Waals surface area (Å²) in [6, 6.07) is 1.63. The van der Waals surface area contributed by atoms with Crippen LogP contribution >= 0.6 is 0 Å². The van der Waals surface area contributed by atoms with Crippen LogP contribution in [0.25, 0.3) is 0 Å². The highest BCUT2D eigenvalue weighted by atomic mass is 16.1. The van der Waals surface area contributed by atoms with Gasteiger partial charge in [0.1, 0.15) is 0 Å². The number of nitrogens with zero attached hydrogens (tertiary/aromatic N) is 6. The molecule has 0 N–H and O–H groups in total. The van der Waals surface area contributed by atoms with Crippen molar-refractivity contribution in [3.05, 3.63) is 40.6 Å². The predicted octanol–water partition coefficient (Wildman–Crippen LogP) is 0.459. The zero-order chi connectivity index (χ0) is 15.5. The summed E-state index contributed by atoms with van der Waals surface area (Å²) >= 11 is 0. The van der Waals surface area contributed by atoms with Gasteiger partial charge in [-0.2, -0.15) is 5.10 Å². The molecule has 0 atom stereocenters. The molecule has 0 amide bonds. The third-order valence-corrected chi connectivity index (χ3v) is 3.98. The molecule has 1 fully saturated rings. The standard InChI is InChI=1S/C15H20N6O/c1-3-12-9-16-15(17-10-12)21-6-4-20(5-7-21)13-8-14(22)19(2)18-11-13/h8-11H,3-7H2,1-2H3. The Labute approximate surface area is 129 Å². The third kappa shape index (κ3) is 2.93. The lowest BCUT2D eigenvalue weighted by molar-refractivity contribution is 0.631. The average Bonchev–Trinajstić information content (AvgIpc) is 2.58. The smallest absolute Gasteiger partial charge is 0.268 e. The molecular weight excluding hydrogens is 280 g/mol. The fraction of sp³-hybridized carbons (Fsp3) is 0.467. The topological polar surface area (TPSA) is 67.2 Å². The van der Waals surface area contributed by atoms with Crippen molar-refractivity contribution in [2.45, 2.75) is 13.3 Å². The maximum atomic E-state index is 11.7. The minimum Gasteiger partial charge on any atom is -0.367 e. The number of anilines is 2. The molecule has 3 rings (SSSR count). The average molecular weight is 300 g/mol. The number of aryl methyl sites for hydroxylation is 2. The minimum absolute atomic E-state index is 0.0848. The van der Waals surface area contributed by atoms with Crippen LogP contribution in [-0.2, 0) is 13.5 Å². The number of aromatic nitrogens is 4. The summed E-state index contributed by atoms with van der Waals surface area (Å²) in [5.41, 5.74) is 1.94. The molecule has 2 aromatic rings. The van der Waals surface area contributed by atoms with E-state index in [2.05, 4.69) is 31.8 Å². The first-order valence-electron chi connectivity index (χ1n) is 7.51. The molecule has 2 aromatic heterocycles. The summed E-state index contributed by atoms with van der Waals surface area (Å²) in [7, 11) is 1.65. The van der Waals surface area contributed by atoms with Gasteiger partial charge >= 0.3 is 0 Å². The molecule has 0 radical (unpaired) electrons. The number of hydrogen-bond donors (Lipinski definition) is 0. The number of hydrogen-bond acceptors (Lipinski definition) is 6.